The first kappa shape index (κ1) is 21.2. The van der Waals surface area contributed by atoms with Crippen LogP contribution in [0.4, 0.5) is 0 Å². The number of hydrogen-bond acceptors (Lipinski definition) is 3. The lowest BCUT2D eigenvalue weighted by Crippen LogP contribution is -2.04. The van der Waals surface area contributed by atoms with Gasteiger partial charge in [0.1, 0.15) is 11.5 Å². The van der Waals surface area contributed by atoms with Gasteiger partial charge < -0.3 is 10.2 Å². The van der Waals surface area contributed by atoms with E-state index in [-0.39, 0.29) is 17.3 Å². The van der Waals surface area contributed by atoms with E-state index < -0.39 is 0 Å². The summed E-state index contributed by atoms with van der Waals surface area (Å²) in [6.45, 7) is 7.87. The maximum Gasteiger partial charge on any atom is 0.186 e. The molecule has 0 aliphatic carbocycles. The van der Waals surface area contributed by atoms with Gasteiger partial charge in [0.05, 0.1) is 0 Å². The molecule has 2 N–H and O–H groups in total. The van der Waals surface area contributed by atoms with Crippen LogP contribution in [0, 0.1) is 0 Å². The monoisotopic (exact) mass is 376 g/mol. The quantitative estimate of drug-likeness (QED) is 0.353. The molecule has 0 saturated carbocycles. The molecule has 3 nitrogen and oxygen atoms in total. The maximum atomic E-state index is 12.8. The molecule has 0 heterocycles. The largest absolute Gasteiger partial charge is 0.507 e. The van der Waals surface area contributed by atoms with Crippen LogP contribution in [-0.2, 0) is 12.8 Å². The number of carbonyl (C=O) groups excluding carboxylic acids is 1. The lowest BCUT2D eigenvalue weighted by molar-refractivity contribution is 0.104. The number of ketones is 1. The number of allylic oxidation sites excluding steroid dienone is 5. The van der Waals surface area contributed by atoms with Crippen LogP contribution in [0.1, 0.15) is 54.7 Å². The first-order valence-corrected chi connectivity index (χ1v) is 9.40. The molecule has 2 aromatic rings. The third-order valence-corrected chi connectivity index (χ3v) is 4.41. The summed E-state index contributed by atoms with van der Waals surface area (Å²) < 4.78 is 0. The Bertz CT molecular complexity index is 924. The molecular formula is C25H28O3. The second kappa shape index (κ2) is 9.75. The highest BCUT2D eigenvalue weighted by atomic mass is 16.3. The van der Waals surface area contributed by atoms with Gasteiger partial charge in [-0.2, -0.15) is 0 Å². The zero-order valence-corrected chi connectivity index (χ0v) is 17.0. The molecule has 0 aliphatic rings. The van der Waals surface area contributed by atoms with Gasteiger partial charge in [-0.15, -0.1) is 0 Å². The lowest BCUT2D eigenvalue weighted by Gasteiger charge is -2.14. The van der Waals surface area contributed by atoms with Crippen molar-refractivity contribution in [2.75, 3.05) is 0 Å². The Labute approximate surface area is 167 Å². The lowest BCUT2D eigenvalue weighted by atomic mass is 9.93. The van der Waals surface area contributed by atoms with Crippen molar-refractivity contribution in [2.45, 2.75) is 40.5 Å². The first-order chi connectivity index (χ1) is 13.3. The molecule has 2 aromatic carbocycles. The average Bonchev–Trinajstić information content (AvgIpc) is 2.65. The Balaban J connectivity index is 2.49. The van der Waals surface area contributed by atoms with E-state index in [2.05, 4.69) is 0 Å². The van der Waals surface area contributed by atoms with Crippen LogP contribution in [0.5, 0.6) is 11.5 Å². The number of phenolic OH excluding ortho intramolecular Hbond substituents is 2. The Morgan fingerprint density at radius 3 is 2.04 bits per heavy atom. The van der Waals surface area contributed by atoms with Gasteiger partial charge in [-0.25, -0.2) is 0 Å². The van der Waals surface area contributed by atoms with Gasteiger partial charge in [0.25, 0.3) is 0 Å². The first-order valence-electron chi connectivity index (χ1n) is 9.40. The fourth-order valence-corrected chi connectivity index (χ4v) is 2.81. The summed E-state index contributed by atoms with van der Waals surface area (Å²) in [5.74, 6) is -0.320. The van der Waals surface area contributed by atoms with Crippen LogP contribution >= 0.6 is 0 Å². The van der Waals surface area contributed by atoms with Crippen molar-refractivity contribution in [1.29, 1.82) is 0 Å². The fraction of sp³-hybridized carbons (Fsp3) is 0.240. The van der Waals surface area contributed by atoms with Crippen molar-refractivity contribution in [1.82, 2.24) is 0 Å². The van der Waals surface area contributed by atoms with E-state index in [1.165, 1.54) is 12.1 Å². The Kier molecular flexibility index (Phi) is 7.39. The van der Waals surface area contributed by atoms with E-state index in [1.807, 2.05) is 70.2 Å². The van der Waals surface area contributed by atoms with Crippen LogP contribution in [-0.4, -0.2) is 16.0 Å². The highest BCUT2D eigenvalue weighted by molar-refractivity contribution is 6.08. The van der Waals surface area contributed by atoms with E-state index in [0.29, 0.717) is 29.5 Å². The third kappa shape index (κ3) is 5.71. The second-order valence-electron chi connectivity index (χ2n) is 7.33. The predicted octanol–water partition coefficient (Wildman–Crippen LogP) is 6.01. The number of phenols is 2. The molecule has 0 atom stereocenters. The molecule has 3 heteroatoms. The van der Waals surface area contributed by atoms with Crippen molar-refractivity contribution in [3.63, 3.8) is 0 Å². The van der Waals surface area contributed by atoms with Crippen molar-refractivity contribution in [2.24, 2.45) is 0 Å². The van der Waals surface area contributed by atoms with Crippen LogP contribution < -0.4 is 0 Å². The van der Waals surface area contributed by atoms with Crippen LogP contribution in [0.2, 0.25) is 0 Å². The maximum absolute atomic E-state index is 12.8. The topological polar surface area (TPSA) is 57.5 Å². The van der Waals surface area contributed by atoms with E-state index in [1.54, 1.807) is 6.08 Å². The number of carbonyl (C=O) groups is 1. The van der Waals surface area contributed by atoms with Gasteiger partial charge in [0, 0.05) is 16.7 Å². The van der Waals surface area contributed by atoms with Crippen molar-refractivity contribution < 1.29 is 15.0 Å². The number of aromatic hydroxyl groups is 2. The number of benzene rings is 2. The van der Waals surface area contributed by atoms with Gasteiger partial charge in [0.2, 0.25) is 0 Å². The highest BCUT2D eigenvalue weighted by Crippen LogP contribution is 2.35. The molecule has 0 unspecified atom stereocenters. The molecule has 0 saturated heterocycles. The molecule has 0 aromatic heterocycles. The van der Waals surface area contributed by atoms with Gasteiger partial charge in [0.15, 0.2) is 5.78 Å². The van der Waals surface area contributed by atoms with E-state index in [4.69, 9.17) is 0 Å². The molecule has 0 fully saturated rings. The summed E-state index contributed by atoms with van der Waals surface area (Å²) in [4.78, 5) is 12.8. The van der Waals surface area contributed by atoms with Crippen molar-refractivity contribution in [3.8, 4) is 11.5 Å². The van der Waals surface area contributed by atoms with Crippen LogP contribution in [0.25, 0.3) is 6.08 Å². The standard InChI is InChI=1S/C25H28O3/c1-17(2)10-13-20-22(23(26)15-12-19-8-6-5-7-9-19)16-24(27)21(25(20)28)14-11-18(3)4/h5-12,15-16,27-28H,13-14H2,1-4H3. The third-order valence-electron chi connectivity index (χ3n) is 4.41. The summed E-state index contributed by atoms with van der Waals surface area (Å²) in [5, 5.41) is 21.3. The Hall–Kier alpha value is -3.07. The molecule has 146 valence electrons. The summed E-state index contributed by atoms with van der Waals surface area (Å²) in [6, 6.07) is 11.0. The van der Waals surface area contributed by atoms with Gasteiger partial charge in [-0.05, 0) is 58.2 Å². The average molecular weight is 376 g/mol. The zero-order valence-electron chi connectivity index (χ0n) is 17.0. The smallest absolute Gasteiger partial charge is 0.186 e. The molecule has 2 rings (SSSR count). The SMILES string of the molecule is CC(C)=CCc1c(O)cc(C(=O)C=Cc2ccccc2)c(CC=C(C)C)c1O. The second-order valence-corrected chi connectivity index (χ2v) is 7.33. The Morgan fingerprint density at radius 1 is 0.893 bits per heavy atom. The molecule has 0 aliphatic heterocycles. The van der Waals surface area contributed by atoms with Crippen LogP contribution in [0.15, 0.2) is 65.8 Å². The minimum atomic E-state index is -0.250. The Morgan fingerprint density at radius 2 is 1.46 bits per heavy atom. The molecule has 0 spiro atoms. The molecule has 0 radical (unpaired) electrons. The molecular weight excluding hydrogens is 348 g/mol. The molecule has 28 heavy (non-hydrogen) atoms. The van der Waals surface area contributed by atoms with E-state index in [9.17, 15) is 15.0 Å². The summed E-state index contributed by atoms with van der Waals surface area (Å²) in [6.07, 6.45) is 7.96. The number of hydrogen-bond donors (Lipinski definition) is 2. The van der Waals surface area contributed by atoms with Gasteiger partial charge >= 0.3 is 0 Å². The minimum absolute atomic E-state index is 0.00791. The summed E-state index contributed by atoms with van der Waals surface area (Å²) >= 11 is 0. The predicted molar refractivity (Wildman–Crippen MR) is 116 cm³/mol. The fourth-order valence-electron chi connectivity index (χ4n) is 2.81. The summed E-state index contributed by atoms with van der Waals surface area (Å²) in [7, 11) is 0. The zero-order chi connectivity index (χ0) is 20.7. The van der Waals surface area contributed by atoms with E-state index >= 15 is 0 Å². The normalized spacial score (nSPS) is 10.7. The highest BCUT2D eigenvalue weighted by Gasteiger charge is 2.19. The van der Waals surface area contributed by atoms with Crippen molar-refractivity contribution >= 4 is 11.9 Å². The van der Waals surface area contributed by atoms with Crippen LogP contribution in [0.3, 0.4) is 0 Å². The van der Waals surface area contributed by atoms with Crippen molar-refractivity contribution in [3.05, 3.63) is 88.0 Å². The van der Waals surface area contributed by atoms with Gasteiger partial charge in [-0.1, -0.05) is 59.7 Å². The number of rotatable bonds is 7. The molecule has 0 amide bonds. The van der Waals surface area contributed by atoms with E-state index in [0.717, 1.165) is 16.7 Å². The minimum Gasteiger partial charge on any atom is -0.507 e. The van der Waals surface area contributed by atoms with Gasteiger partial charge in [-0.3, -0.25) is 4.79 Å². The molecule has 0 bridgehead atoms. The summed E-state index contributed by atoms with van der Waals surface area (Å²) in [5.41, 5.74) is 4.41.